The molecule has 0 aromatic heterocycles. The lowest BCUT2D eigenvalue weighted by Crippen LogP contribution is -2.12. The standard InChI is InChI=1S/C9H8BrN3OS/c1-15-9(12-5-11)13-7-4-6(10)2-3-8(7)14/h2-4,14H,1H3,(H,12,13). The first kappa shape index (κ1) is 11.9. The first-order chi connectivity index (χ1) is 7.17. The molecule has 78 valence electrons. The summed E-state index contributed by atoms with van der Waals surface area (Å²) in [6.07, 6.45) is 3.57. The van der Waals surface area contributed by atoms with Crippen LogP contribution in [-0.4, -0.2) is 16.5 Å². The van der Waals surface area contributed by atoms with Gasteiger partial charge in [0.2, 0.25) is 0 Å². The maximum absolute atomic E-state index is 9.50. The summed E-state index contributed by atoms with van der Waals surface area (Å²) in [6.45, 7) is 0. The van der Waals surface area contributed by atoms with Gasteiger partial charge in [0, 0.05) is 4.47 Å². The molecular weight excluding hydrogens is 278 g/mol. The van der Waals surface area contributed by atoms with Gasteiger partial charge >= 0.3 is 0 Å². The average Bonchev–Trinajstić information content (AvgIpc) is 2.22. The van der Waals surface area contributed by atoms with Gasteiger partial charge in [-0.15, -0.1) is 0 Å². The lowest BCUT2D eigenvalue weighted by molar-refractivity contribution is 0.477. The Morgan fingerprint density at radius 1 is 1.67 bits per heavy atom. The molecule has 4 nitrogen and oxygen atoms in total. The summed E-state index contributed by atoms with van der Waals surface area (Å²) in [5.74, 6) is 0.0736. The van der Waals surface area contributed by atoms with E-state index in [-0.39, 0.29) is 5.75 Å². The van der Waals surface area contributed by atoms with Crippen molar-refractivity contribution >= 4 is 38.5 Å². The van der Waals surface area contributed by atoms with Crippen LogP contribution in [0.1, 0.15) is 0 Å². The van der Waals surface area contributed by atoms with E-state index in [9.17, 15) is 5.11 Å². The van der Waals surface area contributed by atoms with E-state index in [0.717, 1.165) is 4.47 Å². The smallest absolute Gasteiger partial charge is 0.183 e. The van der Waals surface area contributed by atoms with Crippen molar-refractivity contribution < 1.29 is 5.11 Å². The second-order valence-corrected chi connectivity index (χ2v) is 4.20. The number of nitrogens with one attached hydrogen (secondary N) is 1. The lowest BCUT2D eigenvalue weighted by atomic mass is 10.3. The maximum Gasteiger partial charge on any atom is 0.183 e. The number of aliphatic imine (C=N–C) groups is 1. The van der Waals surface area contributed by atoms with Crippen LogP contribution < -0.4 is 5.32 Å². The van der Waals surface area contributed by atoms with Gasteiger partial charge in [-0.2, -0.15) is 5.26 Å². The van der Waals surface area contributed by atoms with Crippen molar-refractivity contribution in [1.82, 2.24) is 5.32 Å². The van der Waals surface area contributed by atoms with E-state index in [1.807, 2.05) is 0 Å². The van der Waals surface area contributed by atoms with Crippen molar-refractivity contribution in [2.24, 2.45) is 4.99 Å². The Balaban J connectivity index is 3.05. The van der Waals surface area contributed by atoms with Crippen LogP contribution in [0, 0.1) is 11.5 Å². The van der Waals surface area contributed by atoms with Gasteiger partial charge in [-0.05, 0) is 24.5 Å². The molecule has 0 heterocycles. The van der Waals surface area contributed by atoms with Crippen molar-refractivity contribution in [2.75, 3.05) is 6.26 Å². The number of nitriles is 1. The summed E-state index contributed by atoms with van der Waals surface area (Å²) in [6, 6.07) is 4.92. The second-order valence-electron chi connectivity index (χ2n) is 2.49. The summed E-state index contributed by atoms with van der Waals surface area (Å²) >= 11 is 4.57. The molecule has 0 aliphatic heterocycles. The first-order valence-corrected chi connectivity index (χ1v) is 5.95. The number of halogens is 1. The summed E-state index contributed by atoms with van der Waals surface area (Å²) < 4.78 is 0.816. The zero-order valence-electron chi connectivity index (χ0n) is 7.86. The Morgan fingerprint density at radius 3 is 3.00 bits per heavy atom. The number of benzene rings is 1. The molecular formula is C9H8BrN3OS. The fourth-order valence-corrected chi connectivity index (χ4v) is 1.55. The van der Waals surface area contributed by atoms with Crippen LogP contribution in [0.3, 0.4) is 0 Å². The molecule has 0 unspecified atom stereocenters. The molecule has 1 rings (SSSR count). The van der Waals surface area contributed by atoms with E-state index < -0.39 is 0 Å². The molecule has 0 saturated heterocycles. The van der Waals surface area contributed by atoms with Crippen LogP contribution in [0.15, 0.2) is 27.7 Å². The third-order valence-electron chi connectivity index (χ3n) is 1.52. The first-order valence-electron chi connectivity index (χ1n) is 3.93. The van der Waals surface area contributed by atoms with E-state index in [1.165, 1.54) is 17.8 Å². The monoisotopic (exact) mass is 285 g/mol. The number of nitrogens with zero attached hydrogens (tertiary/aromatic N) is 2. The summed E-state index contributed by atoms with van der Waals surface area (Å²) in [4.78, 5) is 4.09. The normalized spacial score (nSPS) is 10.9. The molecule has 15 heavy (non-hydrogen) atoms. The quantitative estimate of drug-likeness (QED) is 0.360. The fraction of sp³-hybridized carbons (Fsp3) is 0.111. The zero-order valence-corrected chi connectivity index (χ0v) is 10.3. The maximum atomic E-state index is 9.50. The number of phenolic OH excluding ortho intramolecular Hbond substituents is 1. The largest absolute Gasteiger partial charge is 0.506 e. The van der Waals surface area contributed by atoms with Crippen molar-refractivity contribution in [1.29, 1.82) is 5.26 Å². The lowest BCUT2D eigenvalue weighted by Gasteiger charge is -2.02. The molecule has 0 radical (unpaired) electrons. The van der Waals surface area contributed by atoms with Crippen molar-refractivity contribution in [3.05, 3.63) is 22.7 Å². The Bertz CT molecular complexity index is 428. The highest BCUT2D eigenvalue weighted by Crippen LogP contribution is 2.30. The average molecular weight is 286 g/mol. The number of rotatable bonds is 1. The number of hydrogen-bond donors (Lipinski definition) is 2. The summed E-state index contributed by atoms with van der Waals surface area (Å²) in [5, 5.41) is 20.8. The van der Waals surface area contributed by atoms with Crippen LogP contribution in [0.4, 0.5) is 5.69 Å². The number of hydrogen-bond acceptors (Lipinski definition) is 4. The van der Waals surface area contributed by atoms with Crippen molar-refractivity contribution in [2.45, 2.75) is 0 Å². The molecule has 0 saturated carbocycles. The van der Waals surface area contributed by atoms with Gasteiger partial charge in [0.1, 0.15) is 11.4 Å². The highest BCUT2D eigenvalue weighted by Gasteiger charge is 2.02. The Labute approximate surface area is 100 Å². The van der Waals surface area contributed by atoms with Crippen LogP contribution in [0.2, 0.25) is 0 Å². The predicted molar refractivity (Wildman–Crippen MR) is 65.2 cm³/mol. The molecule has 1 aromatic carbocycles. The fourth-order valence-electron chi connectivity index (χ4n) is 0.868. The zero-order chi connectivity index (χ0) is 11.3. The minimum Gasteiger partial charge on any atom is -0.506 e. The van der Waals surface area contributed by atoms with E-state index in [4.69, 9.17) is 5.26 Å². The van der Waals surface area contributed by atoms with E-state index in [0.29, 0.717) is 10.9 Å². The van der Waals surface area contributed by atoms with E-state index in [2.05, 4.69) is 26.2 Å². The molecule has 0 aliphatic carbocycles. The van der Waals surface area contributed by atoms with Crippen LogP contribution in [0.25, 0.3) is 0 Å². The molecule has 0 atom stereocenters. The Hall–Kier alpha value is -1.19. The number of amidine groups is 1. The molecule has 2 N–H and O–H groups in total. The SMILES string of the molecule is CSC(=Nc1cc(Br)ccc1O)NC#N. The predicted octanol–water partition coefficient (Wildman–Crippen LogP) is 2.58. The number of aromatic hydroxyl groups is 1. The van der Waals surface area contributed by atoms with Crippen LogP contribution >= 0.6 is 27.7 Å². The van der Waals surface area contributed by atoms with Gasteiger partial charge < -0.3 is 5.11 Å². The highest BCUT2D eigenvalue weighted by atomic mass is 79.9. The van der Waals surface area contributed by atoms with Gasteiger partial charge in [0.05, 0.1) is 0 Å². The summed E-state index contributed by atoms with van der Waals surface area (Å²) in [5.41, 5.74) is 0.413. The number of thioether (sulfide) groups is 1. The molecule has 0 fully saturated rings. The molecule has 1 aromatic rings. The Kier molecular flexibility index (Phi) is 4.46. The van der Waals surface area contributed by atoms with Crippen molar-refractivity contribution in [3.63, 3.8) is 0 Å². The minimum absolute atomic E-state index is 0.0736. The topological polar surface area (TPSA) is 68.4 Å². The van der Waals surface area contributed by atoms with Gasteiger partial charge in [-0.1, -0.05) is 27.7 Å². The molecule has 0 spiro atoms. The van der Waals surface area contributed by atoms with Crippen LogP contribution in [0.5, 0.6) is 5.75 Å². The summed E-state index contributed by atoms with van der Waals surface area (Å²) in [7, 11) is 0. The van der Waals surface area contributed by atoms with E-state index >= 15 is 0 Å². The third kappa shape index (κ3) is 3.46. The molecule has 0 amide bonds. The van der Waals surface area contributed by atoms with Gasteiger partial charge in [-0.3, -0.25) is 5.32 Å². The molecule has 0 bridgehead atoms. The third-order valence-corrected chi connectivity index (χ3v) is 2.59. The highest BCUT2D eigenvalue weighted by molar-refractivity contribution is 9.10. The Morgan fingerprint density at radius 2 is 2.40 bits per heavy atom. The second kappa shape index (κ2) is 5.63. The molecule has 6 heteroatoms. The van der Waals surface area contributed by atoms with Gasteiger partial charge in [-0.25, -0.2) is 4.99 Å². The van der Waals surface area contributed by atoms with Gasteiger partial charge in [0.15, 0.2) is 11.4 Å². The van der Waals surface area contributed by atoms with Crippen LogP contribution in [-0.2, 0) is 0 Å². The van der Waals surface area contributed by atoms with Crippen molar-refractivity contribution in [3.8, 4) is 11.9 Å². The molecule has 0 aliphatic rings. The number of phenols is 1. The van der Waals surface area contributed by atoms with E-state index in [1.54, 1.807) is 24.6 Å². The minimum atomic E-state index is 0.0736. The van der Waals surface area contributed by atoms with Gasteiger partial charge in [0.25, 0.3) is 0 Å².